The molecule has 1 atom stereocenters. The molecule has 20 heavy (non-hydrogen) atoms. The number of rotatable bonds is 3. The lowest BCUT2D eigenvalue weighted by Crippen LogP contribution is -2.06. The molecule has 3 nitrogen and oxygen atoms in total. The zero-order valence-corrected chi connectivity index (χ0v) is 12.1. The second-order valence-electron chi connectivity index (χ2n) is 5.27. The van der Waals surface area contributed by atoms with E-state index in [1.165, 1.54) is 16.3 Å². The largest absolute Gasteiger partial charge is 0.376 e. The predicted molar refractivity (Wildman–Crippen MR) is 83.9 cm³/mol. The zero-order chi connectivity index (χ0) is 14.1. The first-order valence-corrected chi connectivity index (χ1v) is 6.89. The van der Waals surface area contributed by atoms with Crippen molar-refractivity contribution in [3.63, 3.8) is 0 Å². The van der Waals surface area contributed by atoms with E-state index >= 15 is 0 Å². The monoisotopic (exact) mass is 265 g/mol. The average Bonchev–Trinajstić information content (AvgIpc) is 2.76. The van der Waals surface area contributed by atoms with Gasteiger partial charge in [0.15, 0.2) is 0 Å². The maximum absolute atomic E-state index is 4.36. The lowest BCUT2D eigenvalue weighted by atomic mass is 10.0. The van der Waals surface area contributed by atoms with Gasteiger partial charge in [-0.1, -0.05) is 36.4 Å². The van der Waals surface area contributed by atoms with Gasteiger partial charge in [0.25, 0.3) is 0 Å². The van der Waals surface area contributed by atoms with Crippen LogP contribution in [0.5, 0.6) is 0 Å². The molecule has 102 valence electrons. The fourth-order valence-corrected chi connectivity index (χ4v) is 2.54. The molecular formula is C17H19N3. The van der Waals surface area contributed by atoms with Gasteiger partial charge < -0.3 is 5.32 Å². The van der Waals surface area contributed by atoms with Crippen LogP contribution in [0, 0.1) is 6.92 Å². The third-order valence-corrected chi connectivity index (χ3v) is 3.66. The molecule has 0 fully saturated rings. The molecular weight excluding hydrogens is 246 g/mol. The van der Waals surface area contributed by atoms with Gasteiger partial charge in [-0.05, 0) is 36.2 Å². The summed E-state index contributed by atoms with van der Waals surface area (Å²) in [7, 11) is 1.94. The molecule has 0 aliphatic rings. The van der Waals surface area contributed by atoms with Crippen LogP contribution in [0.1, 0.15) is 24.2 Å². The number of benzene rings is 2. The van der Waals surface area contributed by atoms with E-state index in [9.17, 15) is 0 Å². The summed E-state index contributed by atoms with van der Waals surface area (Å²) < 4.78 is 1.84. The van der Waals surface area contributed by atoms with Gasteiger partial charge in [-0.25, -0.2) is 0 Å². The van der Waals surface area contributed by atoms with Crippen molar-refractivity contribution in [1.82, 2.24) is 9.78 Å². The number of fused-ring (bicyclic) bond motifs is 1. The molecule has 3 aromatic rings. The number of aryl methyl sites for hydroxylation is 2. The molecule has 0 spiro atoms. The van der Waals surface area contributed by atoms with E-state index < -0.39 is 0 Å². The Balaban J connectivity index is 1.88. The van der Waals surface area contributed by atoms with Gasteiger partial charge in [0.05, 0.1) is 11.4 Å². The van der Waals surface area contributed by atoms with Crippen molar-refractivity contribution in [3.8, 4) is 0 Å². The highest BCUT2D eigenvalue weighted by molar-refractivity contribution is 5.83. The van der Waals surface area contributed by atoms with Crippen LogP contribution in [0.3, 0.4) is 0 Å². The van der Waals surface area contributed by atoms with Gasteiger partial charge in [-0.2, -0.15) is 5.10 Å². The summed E-state index contributed by atoms with van der Waals surface area (Å²) in [5, 5.41) is 10.4. The SMILES string of the molecule is Cc1nn(C)cc1NC(C)c1ccc2ccccc2c1. The van der Waals surface area contributed by atoms with E-state index in [2.05, 4.69) is 59.8 Å². The fourth-order valence-electron chi connectivity index (χ4n) is 2.54. The summed E-state index contributed by atoms with van der Waals surface area (Å²) in [5.41, 5.74) is 3.40. The van der Waals surface area contributed by atoms with Gasteiger partial charge >= 0.3 is 0 Å². The molecule has 3 rings (SSSR count). The van der Waals surface area contributed by atoms with Crippen molar-refractivity contribution in [2.45, 2.75) is 19.9 Å². The van der Waals surface area contributed by atoms with E-state index in [1.54, 1.807) is 0 Å². The van der Waals surface area contributed by atoms with Crippen LogP contribution < -0.4 is 5.32 Å². The minimum absolute atomic E-state index is 0.252. The number of hydrogen-bond donors (Lipinski definition) is 1. The van der Waals surface area contributed by atoms with Crippen molar-refractivity contribution >= 4 is 16.5 Å². The molecule has 0 saturated carbocycles. The number of aromatic nitrogens is 2. The fraction of sp³-hybridized carbons (Fsp3) is 0.235. The number of nitrogens with one attached hydrogen (secondary N) is 1. The third-order valence-electron chi connectivity index (χ3n) is 3.66. The second kappa shape index (κ2) is 5.00. The summed E-state index contributed by atoms with van der Waals surface area (Å²) >= 11 is 0. The Bertz CT molecular complexity index is 743. The van der Waals surface area contributed by atoms with Crippen LogP contribution in [0.15, 0.2) is 48.7 Å². The smallest absolute Gasteiger partial charge is 0.0825 e. The van der Waals surface area contributed by atoms with Crippen molar-refractivity contribution in [3.05, 3.63) is 59.9 Å². The highest BCUT2D eigenvalue weighted by Crippen LogP contribution is 2.24. The third kappa shape index (κ3) is 2.39. The first kappa shape index (κ1) is 12.7. The number of anilines is 1. The highest BCUT2D eigenvalue weighted by Gasteiger charge is 2.09. The molecule has 1 aromatic heterocycles. The molecule has 0 bridgehead atoms. The van der Waals surface area contributed by atoms with Crippen LogP contribution >= 0.6 is 0 Å². The Morgan fingerprint density at radius 3 is 2.55 bits per heavy atom. The summed E-state index contributed by atoms with van der Waals surface area (Å²) in [6.07, 6.45) is 2.02. The molecule has 1 heterocycles. The first-order valence-electron chi connectivity index (χ1n) is 6.89. The van der Waals surface area contributed by atoms with Crippen LogP contribution in [-0.4, -0.2) is 9.78 Å². The van der Waals surface area contributed by atoms with Gasteiger partial charge in [-0.15, -0.1) is 0 Å². The summed E-state index contributed by atoms with van der Waals surface area (Å²) in [6.45, 7) is 4.20. The maximum Gasteiger partial charge on any atom is 0.0825 e. The van der Waals surface area contributed by atoms with Crippen molar-refractivity contribution in [2.24, 2.45) is 7.05 Å². The van der Waals surface area contributed by atoms with Crippen molar-refractivity contribution in [2.75, 3.05) is 5.32 Å². The van der Waals surface area contributed by atoms with Crippen LogP contribution in [-0.2, 0) is 7.05 Å². The van der Waals surface area contributed by atoms with Gasteiger partial charge in [0.1, 0.15) is 0 Å². The summed E-state index contributed by atoms with van der Waals surface area (Å²) in [5.74, 6) is 0. The zero-order valence-electron chi connectivity index (χ0n) is 12.1. The second-order valence-corrected chi connectivity index (χ2v) is 5.27. The lowest BCUT2D eigenvalue weighted by Gasteiger charge is -2.15. The van der Waals surface area contributed by atoms with Crippen LogP contribution in [0.2, 0.25) is 0 Å². The maximum atomic E-state index is 4.36. The highest BCUT2D eigenvalue weighted by atomic mass is 15.3. The van der Waals surface area contributed by atoms with Gasteiger partial charge in [0, 0.05) is 19.3 Å². The summed E-state index contributed by atoms with van der Waals surface area (Å²) in [4.78, 5) is 0. The van der Waals surface area contributed by atoms with E-state index in [1.807, 2.05) is 24.9 Å². The Labute approximate surface area is 119 Å². The molecule has 1 unspecified atom stereocenters. The quantitative estimate of drug-likeness (QED) is 0.774. The standard InChI is InChI=1S/C17H19N3/c1-12(18-17-11-20(3)19-13(17)2)15-9-8-14-6-4-5-7-16(14)10-15/h4-12,18H,1-3H3. The van der Waals surface area contributed by atoms with E-state index in [-0.39, 0.29) is 6.04 Å². The Kier molecular flexibility index (Phi) is 3.18. The summed E-state index contributed by atoms with van der Waals surface area (Å²) in [6, 6.07) is 15.3. The van der Waals surface area contributed by atoms with Gasteiger partial charge in [-0.3, -0.25) is 4.68 Å². The molecule has 0 aliphatic carbocycles. The topological polar surface area (TPSA) is 29.9 Å². The average molecular weight is 265 g/mol. The van der Waals surface area contributed by atoms with E-state index in [0.717, 1.165) is 11.4 Å². The van der Waals surface area contributed by atoms with E-state index in [4.69, 9.17) is 0 Å². The first-order chi connectivity index (χ1) is 9.63. The molecule has 3 heteroatoms. The molecule has 0 radical (unpaired) electrons. The molecule has 0 amide bonds. The Hall–Kier alpha value is -2.29. The molecule has 1 N–H and O–H groups in total. The van der Waals surface area contributed by atoms with Gasteiger partial charge in [0.2, 0.25) is 0 Å². The van der Waals surface area contributed by atoms with Crippen molar-refractivity contribution < 1.29 is 0 Å². The van der Waals surface area contributed by atoms with Crippen molar-refractivity contribution in [1.29, 1.82) is 0 Å². The van der Waals surface area contributed by atoms with E-state index in [0.29, 0.717) is 0 Å². The number of nitrogens with zero attached hydrogens (tertiary/aromatic N) is 2. The normalized spacial score (nSPS) is 12.6. The predicted octanol–water partition coefficient (Wildman–Crippen LogP) is 4.05. The lowest BCUT2D eigenvalue weighted by molar-refractivity contribution is 0.756. The molecule has 0 aliphatic heterocycles. The Morgan fingerprint density at radius 2 is 1.85 bits per heavy atom. The minimum Gasteiger partial charge on any atom is -0.376 e. The molecule has 2 aromatic carbocycles. The Morgan fingerprint density at radius 1 is 1.10 bits per heavy atom. The number of hydrogen-bond acceptors (Lipinski definition) is 2. The molecule has 0 saturated heterocycles. The van der Waals surface area contributed by atoms with Crippen LogP contribution in [0.4, 0.5) is 5.69 Å². The minimum atomic E-state index is 0.252. The van der Waals surface area contributed by atoms with Crippen LogP contribution in [0.25, 0.3) is 10.8 Å².